The minimum absolute atomic E-state index is 0.00985. The monoisotopic (exact) mass is 325 g/mol. The van der Waals surface area contributed by atoms with E-state index in [1.165, 1.54) is 4.90 Å². The Morgan fingerprint density at radius 3 is 2.61 bits per heavy atom. The summed E-state index contributed by atoms with van der Waals surface area (Å²) in [6.07, 6.45) is 0.0996. The Kier molecular flexibility index (Phi) is 4.93. The van der Waals surface area contributed by atoms with Crippen molar-refractivity contribution in [3.63, 3.8) is 0 Å². The molecule has 0 aromatic carbocycles. The molecule has 0 unspecified atom stereocenters. The number of nitrogens with zero attached hydrogens (tertiary/aromatic N) is 3. The van der Waals surface area contributed by atoms with Crippen molar-refractivity contribution in [2.24, 2.45) is 0 Å². The summed E-state index contributed by atoms with van der Waals surface area (Å²) in [5.74, 6) is -1.09. The highest BCUT2D eigenvalue weighted by Gasteiger charge is 2.31. The van der Waals surface area contributed by atoms with Gasteiger partial charge in [0, 0.05) is 31.3 Å². The summed E-state index contributed by atoms with van der Waals surface area (Å²) in [6, 6.07) is 0. The number of carboxylic acid groups (broad SMARTS) is 1. The Hall–Kier alpha value is -2.09. The van der Waals surface area contributed by atoms with Gasteiger partial charge in [-0.25, -0.2) is 9.59 Å². The fourth-order valence-electron chi connectivity index (χ4n) is 2.51. The molecule has 1 aliphatic rings. The van der Waals surface area contributed by atoms with E-state index in [1.807, 2.05) is 0 Å². The molecule has 1 amide bonds. The minimum atomic E-state index is -1.09. The second-order valence-corrected chi connectivity index (χ2v) is 6.45. The highest BCUT2D eigenvalue weighted by atomic mass is 16.6. The van der Waals surface area contributed by atoms with Crippen molar-refractivity contribution in [2.75, 3.05) is 20.3 Å². The maximum atomic E-state index is 12.2. The van der Waals surface area contributed by atoms with Gasteiger partial charge >= 0.3 is 12.1 Å². The summed E-state index contributed by atoms with van der Waals surface area (Å²) in [5, 5.41) is 13.5. The van der Waals surface area contributed by atoms with Crippen molar-refractivity contribution in [2.45, 2.75) is 45.9 Å². The molecule has 0 saturated heterocycles. The number of ether oxygens (including phenoxy) is 2. The summed E-state index contributed by atoms with van der Waals surface area (Å²) in [4.78, 5) is 25.1. The number of aromatic nitrogens is 2. The van der Waals surface area contributed by atoms with Crippen molar-refractivity contribution in [3.05, 3.63) is 17.0 Å². The molecule has 1 aromatic rings. The Morgan fingerprint density at radius 2 is 2.04 bits per heavy atom. The van der Waals surface area contributed by atoms with Gasteiger partial charge in [-0.3, -0.25) is 4.68 Å². The highest BCUT2D eigenvalue weighted by Crippen LogP contribution is 2.24. The van der Waals surface area contributed by atoms with E-state index in [9.17, 15) is 14.7 Å². The number of amides is 1. The van der Waals surface area contributed by atoms with E-state index in [1.54, 1.807) is 32.6 Å². The van der Waals surface area contributed by atoms with Gasteiger partial charge in [0.25, 0.3) is 0 Å². The largest absolute Gasteiger partial charge is 0.476 e. The molecule has 2 heterocycles. The summed E-state index contributed by atoms with van der Waals surface area (Å²) in [7, 11) is 1.58. The molecule has 1 aliphatic heterocycles. The topological polar surface area (TPSA) is 93.9 Å². The first-order valence-corrected chi connectivity index (χ1v) is 7.51. The van der Waals surface area contributed by atoms with Gasteiger partial charge in [-0.05, 0) is 20.8 Å². The first kappa shape index (κ1) is 17.3. The number of carboxylic acids is 1. The predicted octanol–water partition coefficient (Wildman–Crippen LogP) is 1.52. The molecule has 0 aliphatic carbocycles. The Morgan fingerprint density at radius 1 is 1.35 bits per heavy atom. The van der Waals surface area contributed by atoms with Gasteiger partial charge in [0.2, 0.25) is 0 Å². The van der Waals surface area contributed by atoms with Crippen LogP contribution in [0.1, 0.15) is 42.5 Å². The van der Waals surface area contributed by atoms with Crippen molar-refractivity contribution in [1.29, 1.82) is 0 Å². The Balaban J connectivity index is 2.23. The maximum Gasteiger partial charge on any atom is 0.410 e. The normalized spacial score (nSPS) is 14.5. The molecule has 0 saturated carbocycles. The van der Waals surface area contributed by atoms with E-state index in [2.05, 4.69) is 5.10 Å². The average molecular weight is 325 g/mol. The number of hydrogen-bond donors (Lipinski definition) is 1. The number of methoxy groups -OCH3 is 1. The zero-order valence-corrected chi connectivity index (χ0v) is 14.0. The smallest absolute Gasteiger partial charge is 0.410 e. The molecule has 128 valence electrons. The minimum Gasteiger partial charge on any atom is -0.476 e. The maximum absolute atomic E-state index is 12.2. The third-order valence-corrected chi connectivity index (χ3v) is 3.50. The molecule has 0 atom stereocenters. The molecule has 0 fully saturated rings. The van der Waals surface area contributed by atoms with Crippen molar-refractivity contribution < 1.29 is 24.2 Å². The van der Waals surface area contributed by atoms with Gasteiger partial charge in [0.05, 0.1) is 19.7 Å². The lowest BCUT2D eigenvalue weighted by atomic mass is 10.1. The van der Waals surface area contributed by atoms with Gasteiger partial charge in [0.1, 0.15) is 5.60 Å². The second-order valence-electron chi connectivity index (χ2n) is 6.45. The Labute approximate surface area is 135 Å². The lowest BCUT2D eigenvalue weighted by Gasteiger charge is -2.30. The fraction of sp³-hybridized carbons (Fsp3) is 0.667. The number of carbonyl (C=O) groups excluding carboxylic acids is 1. The van der Waals surface area contributed by atoms with Crippen LogP contribution in [0.25, 0.3) is 0 Å². The fourth-order valence-corrected chi connectivity index (χ4v) is 2.51. The first-order valence-electron chi connectivity index (χ1n) is 7.51. The first-order chi connectivity index (χ1) is 10.7. The van der Waals surface area contributed by atoms with Crippen LogP contribution in [0.15, 0.2) is 0 Å². The average Bonchev–Trinajstić information content (AvgIpc) is 2.81. The molecule has 0 bridgehead atoms. The number of aromatic carboxylic acids is 1. The Bertz CT molecular complexity index is 603. The van der Waals surface area contributed by atoms with E-state index >= 15 is 0 Å². The van der Waals surface area contributed by atoms with E-state index in [0.29, 0.717) is 31.7 Å². The number of carbonyl (C=O) groups is 2. The van der Waals surface area contributed by atoms with Crippen LogP contribution < -0.4 is 0 Å². The summed E-state index contributed by atoms with van der Waals surface area (Å²) in [5.41, 5.74) is 0.824. The molecule has 8 nitrogen and oxygen atoms in total. The highest BCUT2D eigenvalue weighted by molar-refractivity contribution is 5.87. The van der Waals surface area contributed by atoms with E-state index < -0.39 is 17.7 Å². The molecule has 8 heteroatoms. The van der Waals surface area contributed by atoms with Gasteiger partial charge in [-0.1, -0.05) is 0 Å². The van der Waals surface area contributed by atoms with Crippen molar-refractivity contribution in [1.82, 2.24) is 14.7 Å². The molecule has 0 radical (unpaired) electrons. The van der Waals surface area contributed by atoms with E-state index in [4.69, 9.17) is 9.47 Å². The van der Waals surface area contributed by atoms with E-state index in [-0.39, 0.29) is 12.2 Å². The second kappa shape index (κ2) is 6.57. The van der Waals surface area contributed by atoms with Crippen LogP contribution in [0, 0.1) is 0 Å². The van der Waals surface area contributed by atoms with Crippen LogP contribution in [0.4, 0.5) is 4.79 Å². The molecular formula is C15H23N3O5. The van der Waals surface area contributed by atoms with Crippen LogP contribution in [-0.4, -0.2) is 57.7 Å². The van der Waals surface area contributed by atoms with Crippen LogP contribution in [-0.2, 0) is 29.0 Å². The van der Waals surface area contributed by atoms with E-state index in [0.717, 1.165) is 5.69 Å². The number of rotatable bonds is 4. The predicted molar refractivity (Wildman–Crippen MR) is 81.4 cm³/mol. The lowest BCUT2D eigenvalue weighted by Crippen LogP contribution is -2.40. The van der Waals surface area contributed by atoms with Crippen molar-refractivity contribution >= 4 is 12.1 Å². The summed E-state index contributed by atoms with van der Waals surface area (Å²) < 4.78 is 12.0. The van der Waals surface area contributed by atoms with Crippen molar-refractivity contribution in [3.8, 4) is 0 Å². The molecule has 23 heavy (non-hydrogen) atoms. The SMILES string of the molecule is COCCn1nc(C(=O)O)c2c1CCN(C(=O)OC(C)(C)C)C2. The summed E-state index contributed by atoms with van der Waals surface area (Å²) in [6.45, 7) is 6.99. The zero-order valence-electron chi connectivity index (χ0n) is 14.0. The molecule has 1 N–H and O–H groups in total. The zero-order chi connectivity index (χ0) is 17.2. The standard InChI is InChI=1S/C15H23N3O5/c1-15(2,3)23-14(21)17-6-5-11-10(9-17)12(13(19)20)16-18(11)7-8-22-4/h5-9H2,1-4H3,(H,19,20). The third-order valence-electron chi connectivity index (χ3n) is 3.50. The van der Waals surface area contributed by atoms with Gasteiger partial charge in [-0.2, -0.15) is 5.10 Å². The van der Waals surface area contributed by atoms with Crippen LogP contribution in [0.2, 0.25) is 0 Å². The molecule has 1 aromatic heterocycles. The number of fused-ring (bicyclic) bond motifs is 1. The van der Waals surface area contributed by atoms with Crippen LogP contribution in [0.5, 0.6) is 0 Å². The molecule has 0 spiro atoms. The van der Waals surface area contributed by atoms with Crippen LogP contribution in [0.3, 0.4) is 0 Å². The van der Waals surface area contributed by atoms with Gasteiger partial charge in [0.15, 0.2) is 5.69 Å². The number of hydrogen-bond acceptors (Lipinski definition) is 5. The summed E-state index contributed by atoms with van der Waals surface area (Å²) >= 11 is 0. The molecular weight excluding hydrogens is 302 g/mol. The van der Waals surface area contributed by atoms with Gasteiger partial charge < -0.3 is 19.5 Å². The van der Waals surface area contributed by atoms with Gasteiger partial charge in [-0.15, -0.1) is 0 Å². The van der Waals surface area contributed by atoms with Crippen LogP contribution >= 0.6 is 0 Å². The third kappa shape index (κ3) is 4.01. The quantitative estimate of drug-likeness (QED) is 0.902. The lowest BCUT2D eigenvalue weighted by molar-refractivity contribution is 0.0220. The molecule has 2 rings (SSSR count).